The quantitative estimate of drug-likeness (QED) is 0.755. The molecule has 5 heteroatoms. The van der Waals surface area contributed by atoms with Gasteiger partial charge in [0.1, 0.15) is 0 Å². The molecule has 0 radical (unpaired) electrons. The highest BCUT2D eigenvalue weighted by Crippen LogP contribution is 2.13. The minimum Gasteiger partial charge on any atom is -0.381 e. The van der Waals surface area contributed by atoms with E-state index in [4.69, 9.17) is 10.5 Å². The SMILES string of the molecule is CCOCCS(=O)(=O)c1cccc(CN)c1. The predicted molar refractivity (Wildman–Crippen MR) is 62.9 cm³/mol. The van der Waals surface area contributed by atoms with Crippen LogP contribution in [-0.2, 0) is 21.1 Å². The molecule has 0 saturated carbocycles. The van der Waals surface area contributed by atoms with Gasteiger partial charge in [0.25, 0.3) is 0 Å². The van der Waals surface area contributed by atoms with Gasteiger partial charge < -0.3 is 10.5 Å². The fourth-order valence-electron chi connectivity index (χ4n) is 1.30. The summed E-state index contributed by atoms with van der Waals surface area (Å²) in [7, 11) is -3.25. The Kier molecular flexibility index (Phi) is 4.92. The molecule has 16 heavy (non-hydrogen) atoms. The Balaban J connectivity index is 2.81. The molecule has 90 valence electrons. The van der Waals surface area contributed by atoms with Crippen molar-refractivity contribution >= 4 is 9.84 Å². The van der Waals surface area contributed by atoms with Gasteiger partial charge in [-0.05, 0) is 24.6 Å². The number of ether oxygens (including phenoxy) is 1. The topological polar surface area (TPSA) is 69.4 Å². The van der Waals surface area contributed by atoms with Crippen molar-refractivity contribution in [3.63, 3.8) is 0 Å². The van der Waals surface area contributed by atoms with Crippen LogP contribution in [0.25, 0.3) is 0 Å². The molecule has 1 aromatic carbocycles. The Labute approximate surface area is 96.3 Å². The number of benzene rings is 1. The summed E-state index contributed by atoms with van der Waals surface area (Å²) in [4.78, 5) is 0.315. The van der Waals surface area contributed by atoms with E-state index in [0.29, 0.717) is 18.0 Å². The molecule has 0 unspecified atom stereocenters. The van der Waals surface area contributed by atoms with Crippen LogP contribution in [0.15, 0.2) is 29.2 Å². The van der Waals surface area contributed by atoms with Gasteiger partial charge in [-0.3, -0.25) is 0 Å². The van der Waals surface area contributed by atoms with Gasteiger partial charge in [0.15, 0.2) is 9.84 Å². The van der Waals surface area contributed by atoms with Crippen molar-refractivity contribution in [2.45, 2.75) is 18.4 Å². The van der Waals surface area contributed by atoms with E-state index < -0.39 is 9.84 Å². The van der Waals surface area contributed by atoms with E-state index in [0.717, 1.165) is 5.56 Å². The van der Waals surface area contributed by atoms with Crippen molar-refractivity contribution in [1.29, 1.82) is 0 Å². The first-order chi connectivity index (χ1) is 7.60. The van der Waals surface area contributed by atoms with Crippen LogP contribution in [0.3, 0.4) is 0 Å². The van der Waals surface area contributed by atoms with Crippen LogP contribution in [0.4, 0.5) is 0 Å². The second kappa shape index (κ2) is 5.98. The number of hydrogen-bond donors (Lipinski definition) is 1. The highest BCUT2D eigenvalue weighted by Gasteiger charge is 2.14. The highest BCUT2D eigenvalue weighted by molar-refractivity contribution is 7.91. The van der Waals surface area contributed by atoms with Crippen molar-refractivity contribution in [3.05, 3.63) is 29.8 Å². The zero-order valence-electron chi connectivity index (χ0n) is 9.35. The van der Waals surface area contributed by atoms with E-state index in [-0.39, 0.29) is 12.4 Å². The van der Waals surface area contributed by atoms with Gasteiger partial charge in [0.2, 0.25) is 0 Å². The Morgan fingerprint density at radius 1 is 1.38 bits per heavy atom. The monoisotopic (exact) mass is 243 g/mol. The van der Waals surface area contributed by atoms with E-state index in [1.807, 2.05) is 13.0 Å². The fraction of sp³-hybridized carbons (Fsp3) is 0.455. The molecule has 4 nitrogen and oxygen atoms in total. The molecule has 1 aromatic rings. The molecule has 0 heterocycles. The largest absolute Gasteiger partial charge is 0.381 e. The molecule has 0 atom stereocenters. The lowest BCUT2D eigenvalue weighted by molar-refractivity contribution is 0.163. The van der Waals surface area contributed by atoms with Crippen LogP contribution in [0.2, 0.25) is 0 Å². The summed E-state index contributed by atoms with van der Waals surface area (Å²) in [5.41, 5.74) is 6.28. The minimum absolute atomic E-state index is 0.00879. The maximum Gasteiger partial charge on any atom is 0.180 e. The maximum atomic E-state index is 11.9. The molecular weight excluding hydrogens is 226 g/mol. The van der Waals surface area contributed by atoms with Crippen LogP contribution >= 0.6 is 0 Å². The van der Waals surface area contributed by atoms with Crippen LogP contribution in [0.5, 0.6) is 0 Å². The van der Waals surface area contributed by atoms with Crippen molar-refractivity contribution in [2.75, 3.05) is 19.0 Å². The van der Waals surface area contributed by atoms with Gasteiger partial charge in [0.05, 0.1) is 17.3 Å². The van der Waals surface area contributed by atoms with Crippen LogP contribution < -0.4 is 5.73 Å². The smallest absolute Gasteiger partial charge is 0.180 e. The van der Waals surface area contributed by atoms with Crippen molar-refractivity contribution in [1.82, 2.24) is 0 Å². The Bertz CT molecular complexity index is 429. The molecule has 1 rings (SSSR count). The zero-order valence-corrected chi connectivity index (χ0v) is 10.2. The lowest BCUT2D eigenvalue weighted by atomic mass is 10.2. The molecular formula is C11H17NO3S. The number of rotatable bonds is 6. The molecule has 0 bridgehead atoms. The first-order valence-electron chi connectivity index (χ1n) is 5.19. The fourth-order valence-corrected chi connectivity index (χ4v) is 2.49. The van der Waals surface area contributed by atoms with Crippen LogP contribution in [0.1, 0.15) is 12.5 Å². The molecule has 0 fully saturated rings. The van der Waals surface area contributed by atoms with E-state index >= 15 is 0 Å². The van der Waals surface area contributed by atoms with Crippen LogP contribution in [-0.4, -0.2) is 27.4 Å². The Morgan fingerprint density at radius 3 is 2.75 bits per heavy atom. The summed E-state index contributed by atoms with van der Waals surface area (Å²) in [6, 6.07) is 6.71. The molecule has 0 aromatic heterocycles. The molecule has 0 saturated heterocycles. The summed E-state index contributed by atoms with van der Waals surface area (Å²) in [6.07, 6.45) is 0. The van der Waals surface area contributed by atoms with Gasteiger partial charge in [-0.1, -0.05) is 12.1 Å². The van der Waals surface area contributed by atoms with Crippen molar-refractivity contribution < 1.29 is 13.2 Å². The summed E-state index contributed by atoms with van der Waals surface area (Å²) < 4.78 is 28.8. The average molecular weight is 243 g/mol. The average Bonchev–Trinajstić information content (AvgIpc) is 2.29. The maximum absolute atomic E-state index is 11.9. The van der Waals surface area contributed by atoms with E-state index in [9.17, 15) is 8.42 Å². The summed E-state index contributed by atoms with van der Waals surface area (Å²) in [5.74, 6) is 0.00879. The first kappa shape index (κ1) is 13.2. The van der Waals surface area contributed by atoms with E-state index in [1.165, 1.54) is 0 Å². The number of sulfone groups is 1. The summed E-state index contributed by atoms with van der Waals surface area (Å²) >= 11 is 0. The normalized spacial score (nSPS) is 11.6. The molecule has 2 N–H and O–H groups in total. The Morgan fingerprint density at radius 2 is 2.12 bits per heavy atom. The first-order valence-corrected chi connectivity index (χ1v) is 6.85. The van der Waals surface area contributed by atoms with Gasteiger partial charge in [-0.25, -0.2) is 8.42 Å². The van der Waals surface area contributed by atoms with Crippen molar-refractivity contribution in [3.8, 4) is 0 Å². The second-order valence-corrected chi connectivity index (χ2v) is 5.48. The summed E-state index contributed by atoms with van der Waals surface area (Å²) in [6.45, 7) is 2.93. The van der Waals surface area contributed by atoms with Gasteiger partial charge in [-0.15, -0.1) is 0 Å². The minimum atomic E-state index is -3.25. The van der Waals surface area contributed by atoms with Crippen molar-refractivity contribution in [2.24, 2.45) is 5.73 Å². The third kappa shape index (κ3) is 3.59. The van der Waals surface area contributed by atoms with Gasteiger partial charge in [-0.2, -0.15) is 0 Å². The highest BCUT2D eigenvalue weighted by atomic mass is 32.2. The third-order valence-electron chi connectivity index (χ3n) is 2.19. The molecule has 0 aliphatic rings. The molecule has 0 aliphatic carbocycles. The Hall–Kier alpha value is -0.910. The summed E-state index contributed by atoms with van der Waals surface area (Å²) in [5, 5.41) is 0. The zero-order chi connectivity index (χ0) is 12.0. The third-order valence-corrected chi connectivity index (χ3v) is 3.87. The van der Waals surface area contributed by atoms with Crippen LogP contribution in [0, 0.1) is 0 Å². The standard InChI is InChI=1S/C11H17NO3S/c1-2-15-6-7-16(13,14)11-5-3-4-10(8-11)9-12/h3-5,8H,2,6-7,9,12H2,1H3. The molecule has 0 spiro atoms. The van der Waals surface area contributed by atoms with E-state index in [1.54, 1.807) is 18.2 Å². The number of nitrogens with two attached hydrogens (primary N) is 1. The molecule has 0 aliphatic heterocycles. The van der Waals surface area contributed by atoms with Gasteiger partial charge >= 0.3 is 0 Å². The number of hydrogen-bond acceptors (Lipinski definition) is 4. The van der Waals surface area contributed by atoms with E-state index in [2.05, 4.69) is 0 Å². The lowest BCUT2D eigenvalue weighted by Crippen LogP contribution is -2.13. The van der Waals surface area contributed by atoms with Gasteiger partial charge in [0, 0.05) is 13.2 Å². The predicted octanol–water partition coefficient (Wildman–Crippen LogP) is 0.956. The molecule has 0 amide bonds. The second-order valence-electron chi connectivity index (χ2n) is 3.37. The lowest BCUT2D eigenvalue weighted by Gasteiger charge is -2.06.